The Morgan fingerprint density at radius 1 is 1.80 bits per heavy atom. The van der Waals surface area contributed by atoms with Crippen LogP contribution in [0.5, 0.6) is 0 Å². The van der Waals surface area contributed by atoms with Crippen molar-refractivity contribution in [2.45, 2.75) is 13.8 Å². The molecule has 0 saturated carbocycles. The minimum Gasteiger partial charge on any atom is -0.364 e. The van der Waals surface area contributed by atoms with Crippen molar-refractivity contribution in [1.82, 2.24) is 10.1 Å². The monoisotopic (exact) mass is 207 g/mol. The third-order valence-electron chi connectivity index (χ3n) is 2.04. The van der Waals surface area contributed by atoms with E-state index < -0.39 is 0 Å². The summed E-state index contributed by atoms with van der Waals surface area (Å²) in [5, 5.41) is 12.2. The summed E-state index contributed by atoms with van der Waals surface area (Å²) in [4.78, 5) is 13.4. The average molecular weight is 207 g/mol. The van der Waals surface area contributed by atoms with Gasteiger partial charge in [0.05, 0.1) is 12.0 Å². The maximum absolute atomic E-state index is 11.8. The van der Waals surface area contributed by atoms with Crippen LogP contribution >= 0.6 is 0 Å². The van der Waals surface area contributed by atoms with Gasteiger partial charge in [0.25, 0.3) is 5.91 Å². The van der Waals surface area contributed by atoms with Gasteiger partial charge in [-0.1, -0.05) is 5.16 Å². The molecule has 80 valence electrons. The average Bonchev–Trinajstić information content (AvgIpc) is 2.77. The van der Waals surface area contributed by atoms with Crippen molar-refractivity contribution in [3.63, 3.8) is 0 Å². The topological polar surface area (TPSA) is 70.1 Å². The number of hydrogen-bond acceptors (Lipinski definition) is 4. The van der Waals surface area contributed by atoms with Crippen molar-refractivity contribution >= 4 is 5.91 Å². The predicted octanol–water partition coefficient (Wildman–Crippen LogP) is 1.30. The Labute approximate surface area is 88.3 Å². The van der Waals surface area contributed by atoms with Crippen LogP contribution in [-0.4, -0.2) is 29.1 Å². The maximum atomic E-state index is 11.8. The summed E-state index contributed by atoms with van der Waals surface area (Å²) in [6, 6.07) is 3.61. The predicted molar refractivity (Wildman–Crippen MR) is 52.9 cm³/mol. The molecular weight excluding hydrogens is 194 g/mol. The van der Waals surface area contributed by atoms with Gasteiger partial charge in [0.2, 0.25) is 0 Å². The van der Waals surface area contributed by atoms with Gasteiger partial charge in [0, 0.05) is 19.2 Å². The summed E-state index contributed by atoms with van der Waals surface area (Å²) >= 11 is 0. The summed E-state index contributed by atoms with van der Waals surface area (Å²) in [5.74, 6) is -0.380. The molecule has 0 aromatic carbocycles. The number of carbonyl (C=O) groups excluding carboxylic acids is 1. The van der Waals surface area contributed by atoms with Crippen LogP contribution in [0.2, 0.25) is 0 Å². The second-order valence-electron chi connectivity index (χ2n) is 3.26. The van der Waals surface area contributed by atoms with E-state index in [-0.39, 0.29) is 17.5 Å². The summed E-state index contributed by atoms with van der Waals surface area (Å²) in [7, 11) is 0. The van der Waals surface area contributed by atoms with Crippen LogP contribution < -0.4 is 0 Å². The van der Waals surface area contributed by atoms with Crippen LogP contribution in [0.3, 0.4) is 0 Å². The standard InChI is InChI=1S/C10H13N3O2/c1-3-13(7-8(2)6-11)10(14)9-4-5-15-12-9/h4-5,8H,3,7H2,1-2H3. The molecule has 0 fully saturated rings. The quantitative estimate of drug-likeness (QED) is 0.746. The Morgan fingerprint density at radius 3 is 3.00 bits per heavy atom. The van der Waals surface area contributed by atoms with E-state index in [0.29, 0.717) is 13.1 Å². The van der Waals surface area contributed by atoms with Gasteiger partial charge < -0.3 is 9.42 Å². The smallest absolute Gasteiger partial charge is 0.276 e. The van der Waals surface area contributed by atoms with Crippen LogP contribution in [0.1, 0.15) is 24.3 Å². The molecule has 0 spiro atoms. The second kappa shape index (κ2) is 5.15. The molecular formula is C10H13N3O2. The van der Waals surface area contributed by atoms with Crippen LogP contribution in [0.25, 0.3) is 0 Å². The van der Waals surface area contributed by atoms with Crippen molar-refractivity contribution in [1.29, 1.82) is 5.26 Å². The molecule has 0 aliphatic heterocycles. The number of amides is 1. The number of nitriles is 1. The van der Waals surface area contributed by atoms with E-state index in [1.165, 1.54) is 12.3 Å². The lowest BCUT2D eigenvalue weighted by Gasteiger charge is -2.20. The third kappa shape index (κ3) is 2.81. The Balaban J connectivity index is 2.68. The molecule has 1 amide bonds. The molecule has 1 aromatic rings. The summed E-state index contributed by atoms with van der Waals surface area (Å²) in [5.41, 5.74) is 0.280. The highest BCUT2D eigenvalue weighted by molar-refractivity contribution is 5.92. The van der Waals surface area contributed by atoms with Crippen LogP contribution in [0.4, 0.5) is 0 Å². The van der Waals surface area contributed by atoms with Crippen molar-refractivity contribution < 1.29 is 9.32 Å². The first-order valence-corrected chi connectivity index (χ1v) is 4.78. The molecule has 0 saturated heterocycles. The van der Waals surface area contributed by atoms with Gasteiger partial charge in [-0.05, 0) is 13.8 Å². The molecule has 1 rings (SSSR count). The van der Waals surface area contributed by atoms with Gasteiger partial charge in [-0.2, -0.15) is 5.26 Å². The molecule has 0 aliphatic rings. The number of aromatic nitrogens is 1. The lowest BCUT2D eigenvalue weighted by Crippen LogP contribution is -2.34. The van der Waals surface area contributed by atoms with Crippen molar-refractivity contribution in [3.05, 3.63) is 18.0 Å². The minimum absolute atomic E-state index is 0.180. The van der Waals surface area contributed by atoms with Gasteiger partial charge in [0.15, 0.2) is 5.69 Å². The number of nitrogens with zero attached hydrogens (tertiary/aromatic N) is 3. The fraction of sp³-hybridized carbons (Fsp3) is 0.500. The lowest BCUT2D eigenvalue weighted by molar-refractivity contribution is 0.0742. The first kappa shape index (κ1) is 11.2. The van der Waals surface area contributed by atoms with E-state index in [2.05, 4.69) is 15.7 Å². The molecule has 5 heteroatoms. The van der Waals surface area contributed by atoms with Crippen LogP contribution in [0, 0.1) is 17.2 Å². The molecule has 1 unspecified atom stereocenters. The SMILES string of the molecule is CCN(CC(C)C#N)C(=O)c1ccon1. The highest BCUT2D eigenvalue weighted by atomic mass is 16.5. The first-order chi connectivity index (χ1) is 7.19. The lowest BCUT2D eigenvalue weighted by atomic mass is 10.2. The molecule has 15 heavy (non-hydrogen) atoms. The molecule has 0 bridgehead atoms. The molecule has 1 atom stereocenters. The summed E-state index contributed by atoms with van der Waals surface area (Å²) in [6.45, 7) is 4.61. The van der Waals surface area contributed by atoms with Crippen molar-refractivity contribution in [2.24, 2.45) is 5.92 Å². The number of hydrogen-bond donors (Lipinski definition) is 0. The van der Waals surface area contributed by atoms with E-state index in [9.17, 15) is 4.79 Å². The number of rotatable bonds is 4. The molecule has 1 heterocycles. The van der Waals surface area contributed by atoms with Crippen LogP contribution in [0.15, 0.2) is 16.9 Å². The minimum atomic E-state index is -0.201. The van der Waals surface area contributed by atoms with Gasteiger partial charge >= 0.3 is 0 Å². The zero-order valence-electron chi connectivity index (χ0n) is 8.80. The molecule has 1 aromatic heterocycles. The van der Waals surface area contributed by atoms with E-state index >= 15 is 0 Å². The normalized spacial score (nSPS) is 11.8. The van der Waals surface area contributed by atoms with E-state index in [4.69, 9.17) is 5.26 Å². The van der Waals surface area contributed by atoms with E-state index in [1.54, 1.807) is 11.8 Å². The maximum Gasteiger partial charge on any atom is 0.276 e. The molecule has 5 nitrogen and oxygen atoms in total. The molecule has 0 radical (unpaired) electrons. The zero-order chi connectivity index (χ0) is 11.3. The van der Waals surface area contributed by atoms with E-state index in [0.717, 1.165) is 0 Å². The van der Waals surface area contributed by atoms with Gasteiger partial charge in [-0.15, -0.1) is 0 Å². The largest absolute Gasteiger partial charge is 0.364 e. The van der Waals surface area contributed by atoms with Gasteiger partial charge in [0.1, 0.15) is 6.26 Å². The molecule has 0 N–H and O–H groups in total. The highest BCUT2D eigenvalue weighted by Crippen LogP contribution is 2.05. The van der Waals surface area contributed by atoms with E-state index in [1.807, 2.05) is 6.92 Å². The summed E-state index contributed by atoms with van der Waals surface area (Å²) < 4.78 is 4.60. The third-order valence-corrected chi connectivity index (χ3v) is 2.04. The highest BCUT2D eigenvalue weighted by Gasteiger charge is 2.18. The van der Waals surface area contributed by atoms with Gasteiger partial charge in [-0.3, -0.25) is 4.79 Å². The summed E-state index contributed by atoms with van der Waals surface area (Å²) in [6.07, 6.45) is 1.36. The Morgan fingerprint density at radius 2 is 2.53 bits per heavy atom. The Kier molecular flexibility index (Phi) is 3.86. The number of carbonyl (C=O) groups is 1. The van der Waals surface area contributed by atoms with Gasteiger partial charge in [-0.25, -0.2) is 0 Å². The van der Waals surface area contributed by atoms with Crippen molar-refractivity contribution in [2.75, 3.05) is 13.1 Å². The van der Waals surface area contributed by atoms with Crippen LogP contribution in [-0.2, 0) is 0 Å². The Hall–Kier alpha value is -1.83. The van der Waals surface area contributed by atoms with Crippen molar-refractivity contribution in [3.8, 4) is 6.07 Å². The fourth-order valence-electron chi connectivity index (χ4n) is 1.21. The molecule has 0 aliphatic carbocycles. The first-order valence-electron chi connectivity index (χ1n) is 4.78. The zero-order valence-corrected chi connectivity index (χ0v) is 8.80. The fourth-order valence-corrected chi connectivity index (χ4v) is 1.21. The second-order valence-corrected chi connectivity index (χ2v) is 3.26. The Bertz CT molecular complexity index is 353.